The first kappa shape index (κ1) is 10.2. The van der Waals surface area contributed by atoms with E-state index in [1.165, 1.54) is 10.9 Å². The summed E-state index contributed by atoms with van der Waals surface area (Å²) in [5, 5.41) is -0.872. The summed E-state index contributed by atoms with van der Waals surface area (Å²) in [5.41, 5.74) is 0. The molecule has 0 aliphatic carbocycles. The van der Waals surface area contributed by atoms with E-state index >= 15 is 0 Å². The highest BCUT2D eigenvalue weighted by atomic mass is 32.2. The van der Waals surface area contributed by atoms with Gasteiger partial charge in [0.1, 0.15) is 12.4 Å². The van der Waals surface area contributed by atoms with Gasteiger partial charge < -0.3 is 0 Å². The van der Waals surface area contributed by atoms with Crippen molar-refractivity contribution in [2.45, 2.75) is 25.1 Å². The van der Waals surface area contributed by atoms with Gasteiger partial charge in [0.05, 0.1) is 0 Å². The van der Waals surface area contributed by atoms with Gasteiger partial charge in [-0.1, -0.05) is 13.3 Å². The van der Waals surface area contributed by atoms with Gasteiger partial charge in [-0.2, -0.15) is 8.42 Å². The molecule has 0 saturated carbocycles. The molecule has 0 radical (unpaired) electrons. The minimum absolute atomic E-state index is 0.404. The number of H-pyrrole nitrogens is 1. The van der Waals surface area contributed by atoms with Crippen LogP contribution in [-0.2, 0) is 10.1 Å². The molecule has 0 fully saturated rings. The predicted molar refractivity (Wildman–Crippen MR) is 46.5 cm³/mol. The van der Waals surface area contributed by atoms with Crippen molar-refractivity contribution in [3.05, 3.63) is 18.7 Å². The molecule has 1 aromatic heterocycles. The standard InChI is InChI=1S/C7H12N2O3S/c1-2-3-7(13(10,11)12)9-5-4-8-6-9/h4-7H,2-3H2,1H3,(H,10,11,12)/p+1. The predicted octanol–water partition coefficient (Wildman–Crippen LogP) is 0.489. The van der Waals surface area contributed by atoms with Crippen LogP contribution in [0.5, 0.6) is 0 Å². The maximum Gasteiger partial charge on any atom is 0.307 e. The van der Waals surface area contributed by atoms with Crippen LogP contribution in [0.1, 0.15) is 25.1 Å². The van der Waals surface area contributed by atoms with Gasteiger partial charge in [-0.25, -0.2) is 4.57 Å². The SMILES string of the molecule is CCCC([n+]1cc[nH]c1)S(=O)(=O)O. The van der Waals surface area contributed by atoms with Crippen LogP contribution in [0, 0.1) is 0 Å². The van der Waals surface area contributed by atoms with Gasteiger partial charge in [-0.3, -0.25) is 9.54 Å². The van der Waals surface area contributed by atoms with Gasteiger partial charge in [0.25, 0.3) is 0 Å². The Morgan fingerprint density at radius 1 is 1.62 bits per heavy atom. The maximum absolute atomic E-state index is 10.9. The van der Waals surface area contributed by atoms with Gasteiger partial charge in [0.15, 0.2) is 0 Å². The Balaban J connectivity index is 2.94. The Bertz CT molecular complexity index is 344. The third-order valence-electron chi connectivity index (χ3n) is 1.78. The van der Waals surface area contributed by atoms with Crippen LogP contribution in [0.4, 0.5) is 0 Å². The molecule has 1 unspecified atom stereocenters. The maximum atomic E-state index is 10.9. The molecule has 1 aromatic rings. The molecule has 0 spiro atoms. The summed E-state index contributed by atoms with van der Waals surface area (Å²) in [6.07, 6.45) is 5.79. The van der Waals surface area contributed by atoms with Gasteiger partial charge >= 0.3 is 10.1 Å². The van der Waals surface area contributed by atoms with E-state index in [2.05, 4.69) is 4.98 Å². The number of aromatic nitrogens is 2. The van der Waals surface area contributed by atoms with E-state index in [1.54, 1.807) is 12.4 Å². The first-order valence-electron chi connectivity index (χ1n) is 4.05. The Morgan fingerprint density at radius 3 is 2.69 bits per heavy atom. The van der Waals surface area contributed by atoms with Crippen LogP contribution >= 0.6 is 0 Å². The fourth-order valence-electron chi connectivity index (χ4n) is 1.18. The lowest BCUT2D eigenvalue weighted by molar-refractivity contribution is -0.701. The van der Waals surface area contributed by atoms with Crippen molar-refractivity contribution < 1.29 is 17.5 Å². The summed E-state index contributed by atoms with van der Waals surface area (Å²) in [7, 11) is -4.01. The van der Waals surface area contributed by atoms with E-state index in [0.29, 0.717) is 12.8 Å². The van der Waals surface area contributed by atoms with Crippen molar-refractivity contribution in [3.8, 4) is 0 Å². The number of hydrogen-bond acceptors (Lipinski definition) is 2. The summed E-state index contributed by atoms with van der Waals surface area (Å²) >= 11 is 0. The molecule has 1 rings (SSSR count). The van der Waals surface area contributed by atoms with Crippen LogP contribution in [0.15, 0.2) is 18.7 Å². The molecule has 74 valence electrons. The Hall–Kier alpha value is -0.880. The van der Waals surface area contributed by atoms with E-state index in [-0.39, 0.29) is 0 Å². The lowest BCUT2D eigenvalue weighted by atomic mass is 10.3. The van der Waals surface area contributed by atoms with Crippen LogP contribution in [-0.4, -0.2) is 18.0 Å². The van der Waals surface area contributed by atoms with Gasteiger partial charge in [-0.05, 0) is 0 Å². The zero-order chi connectivity index (χ0) is 9.90. The number of nitrogens with zero attached hydrogens (tertiary/aromatic N) is 1. The molecular formula is C7H13N2O3S+. The molecule has 6 heteroatoms. The molecular weight excluding hydrogens is 192 g/mol. The Kier molecular flexibility index (Phi) is 3.05. The highest BCUT2D eigenvalue weighted by Gasteiger charge is 2.27. The topological polar surface area (TPSA) is 74.0 Å². The quantitative estimate of drug-likeness (QED) is 0.555. The molecule has 13 heavy (non-hydrogen) atoms. The summed E-state index contributed by atoms with van der Waals surface area (Å²) in [4.78, 5) is 2.73. The summed E-state index contributed by atoms with van der Waals surface area (Å²) in [6.45, 7) is 1.87. The average Bonchev–Trinajstić information content (AvgIpc) is 2.49. The van der Waals surface area contributed by atoms with E-state index < -0.39 is 15.5 Å². The Morgan fingerprint density at radius 2 is 2.31 bits per heavy atom. The van der Waals surface area contributed by atoms with Gasteiger partial charge in [0, 0.05) is 6.42 Å². The first-order chi connectivity index (χ1) is 6.05. The molecule has 0 bridgehead atoms. The molecule has 0 saturated heterocycles. The van der Waals surface area contributed by atoms with Crippen LogP contribution in [0.25, 0.3) is 0 Å². The number of nitrogens with one attached hydrogen (secondary N) is 1. The minimum atomic E-state index is -4.01. The van der Waals surface area contributed by atoms with E-state index in [9.17, 15) is 8.42 Å². The highest BCUT2D eigenvalue weighted by molar-refractivity contribution is 7.85. The van der Waals surface area contributed by atoms with E-state index in [0.717, 1.165) is 0 Å². The monoisotopic (exact) mass is 205 g/mol. The zero-order valence-corrected chi connectivity index (χ0v) is 8.16. The molecule has 0 aliphatic heterocycles. The molecule has 0 amide bonds. The molecule has 2 N–H and O–H groups in total. The van der Waals surface area contributed by atoms with Gasteiger partial charge in [0.2, 0.25) is 11.7 Å². The summed E-state index contributed by atoms with van der Waals surface area (Å²) in [6, 6.07) is 0. The summed E-state index contributed by atoms with van der Waals surface area (Å²) < 4.78 is 32.2. The number of imidazole rings is 1. The fourth-order valence-corrected chi connectivity index (χ4v) is 2.15. The van der Waals surface area contributed by atoms with Crippen molar-refractivity contribution in [1.29, 1.82) is 0 Å². The Labute approximate surface area is 77.2 Å². The highest BCUT2D eigenvalue weighted by Crippen LogP contribution is 2.12. The second kappa shape index (κ2) is 3.89. The smallest absolute Gasteiger partial charge is 0.282 e. The van der Waals surface area contributed by atoms with Crippen LogP contribution < -0.4 is 4.57 Å². The van der Waals surface area contributed by atoms with Crippen molar-refractivity contribution in [1.82, 2.24) is 4.98 Å². The molecule has 0 aliphatic rings. The number of rotatable bonds is 4. The van der Waals surface area contributed by atoms with Crippen molar-refractivity contribution in [2.24, 2.45) is 0 Å². The molecule has 0 aromatic carbocycles. The normalized spacial score (nSPS) is 14.3. The second-order valence-electron chi connectivity index (χ2n) is 2.82. The molecule has 1 atom stereocenters. The van der Waals surface area contributed by atoms with Crippen LogP contribution in [0.2, 0.25) is 0 Å². The zero-order valence-electron chi connectivity index (χ0n) is 7.34. The van der Waals surface area contributed by atoms with Crippen molar-refractivity contribution in [3.63, 3.8) is 0 Å². The lowest BCUT2D eigenvalue weighted by Crippen LogP contribution is -2.41. The number of aromatic amines is 1. The van der Waals surface area contributed by atoms with E-state index in [1.807, 2.05) is 6.92 Å². The van der Waals surface area contributed by atoms with Gasteiger partial charge in [-0.15, -0.1) is 0 Å². The second-order valence-corrected chi connectivity index (χ2v) is 4.39. The number of hydrogen-bond donors (Lipinski definition) is 2. The van der Waals surface area contributed by atoms with E-state index in [4.69, 9.17) is 4.55 Å². The third-order valence-corrected chi connectivity index (χ3v) is 2.95. The van der Waals surface area contributed by atoms with Crippen LogP contribution in [0.3, 0.4) is 0 Å². The molecule has 5 nitrogen and oxygen atoms in total. The fraction of sp³-hybridized carbons (Fsp3) is 0.571. The van der Waals surface area contributed by atoms with Crippen molar-refractivity contribution in [2.75, 3.05) is 0 Å². The third kappa shape index (κ3) is 2.53. The summed E-state index contributed by atoms with van der Waals surface area (Å²) in [5.74, 6) is 0. The average molecular weight is 205 g/mol. The largest absolute Gasteiger partial charge is 0.307 e. The molecule has 1 heterocycles. The minimum Gasteiger partial charge on any atom is -0.282 e. The van der Waals surface area contributed by atoms with Crippen molar-refractivity contribution >= 4 is 10.1 Å². The lowest BCUT2D eigenvalue weighted by Gasteiger charge is -2.08. The first-order valence-corrected chi connectivity index (χ1v) is 5.56.